The maximum absolute atomic E-state index is 10.2. The SMILES string of the molecule is OC(COCc1cccs1)CN1CCOC2CCCCC21. The molecule has 1 aromatic rings. The van der Waals surface area contributed by atoms with Crippen LogP contribution in [0.4, 0.5) is 0 Å². The molecule has 0 amide bonds. The monoisotopic (exact) mass is 311 g/mol. The van der Waals surface area contributed by atoms with Crippen molar-refractivity contribution >= 4 is 11.3 Å². The second kappa shape index (κ2) is 7.70. The van der Waals surface area contributed by atoms with Crippen molar-refractivity contribution in [2.24, 2.45) is 0 Å². The summed E-state index contributed by atoms with van der Waals surface area (Å²) in [5.41, 5.74) is 0. The fraction of sp³-hybridized carbons (Fsp3) is 0.750. The first kappa shape index (κ1) is 15.4. The van der Waals surface area contributed by atoms with Gasteiger partial charge in [0.2, 0.25) is 0 Å². The molecular weight excluding hydrogens is 286 g/mol. The third kappa shape index (κ3) is 4.27. The van der Waals surface area contributed by atoms with Crippen LogP contribution in [0.3, 0.4) is 0 Å². The van der Waals surface area contributed by atoms with E-state index in [-0.39, 0.29) is 0 Å². The van der Waals surface area contributed by atoms with E-state index in [1.807, 2.05) is 11.4 Å². The number of ether oxygens (including phenoxy) is 2. The molecule has 2 heterocycles. The number of morpholine rings is 1. The van der Waals surface area contributed by atoms with Crippen LogP contribution in [0.1, 0.15) is 30.6 Å². The highest BCUT2D eigenvalue weighted by atomic mass is 32.1. The highest BCUT2D eigenvalue weighted by Crippen LogP contribution is 2.28. The topological polar surface area (TPSA) is 41.9 Å². The second-order valence-electron chi connectivity index (χ2n) is 6.00. The fourth-order valence-electron chi connectivity index (χ4n) is 3.42. The summed E-state index contributed by atoms with van der Waals surface area (Å²) in [4.78, 5) is 3.62. The second-order valence-corrected chi connectivity index (χ2v) is 7.04. The van der Waals surface area contributed by atoms with Crippen molar-refractivity contribution in [1.29, 1.82) is 0 Å². The van der Waals surface area contributed by atoms with Gasteiger partial charge in [-0.3, -0.25) is 4.90 Å². The molecule has 2 aliphatic rings. The first-order valence-electron chi connectivity index (χ1n) is 7.97. The molecule has 2 fully saturated rings. The van der Waals surface area contributed by atoms with E-state index in [0.29, 0.717) is 31.9 Å². The molecule has 4 nitrogen and oxygen atoms in total. The lowest BCUT2D eigenvalue weighted by Gasteiger charge is -2.44. The van der Waals surface area contributed by atoms with Gasteiger partial charge in [0.05, 0.1) is 32.0 Å². The maximum Gasteiger partial charge on any atom is 0.0900 e. The van der Waals surface area contributed by atoms with Gasteiger partial charge in [0, 0.05) is 24.0 Å². The fourth-order valence-corrected chi connectivity index (χ4v) is 4.06. The van der Waals surface area contributed by atoms with E-state index < -0.39 is 6.10 Å². The van der Waals surface area contributed by atoms with Crippen molar-refractivity contribution in [1.82, 2.24) is 4.90 Å². The summed E-state index contributed by atoms with van der Waals surface area (Å²) in [6, 6.07) is 4.59. The summed E-state index contributed by atoms with van der Waals surface area (Å²) in [6.45, 7) is 3.44. The molecule has 1 aromatic heterocycles. The van der Waals surface area contributed by atoms with Gasteiger partial charge in [-0.25, -0.2) is 0 Å². The van der Waals surface area contributed by atoms with Gasteiger partial charge in [0.1, 0.15) is 0 Å². The first-order chi connectivity index (χ1) is 10.3. The molecule has 118 valence electrons. The normalized spacial score (nSPS) is 28.2. The molecule has 0 radical (unpaired) electrons. The van der Waals surface area contributed by atoms with Crippen molar-refractivity contribution in [2.75, 3.05) is 26.3 Å². The Labute approximate surface area is 130 Å². The Morgan fingerprint density at radius 2 is 2.33 bits per heavy atom. The quantitative estimate of drug-likeness (QED) is 0.875. The molecule has 21 heavy (non-hydrogen) atoms. The number of β-amino-alcohol motifs (C(OH)–C–C–N with tert-alkyl or cyclic N) is 1. The summed E-state index contributed by atoms with van der Waals surface area (Å²) in [5, 5.41) is 12.3. The molecule has 3 rings (SSSR count). The van der Waals surface area contributed by atoms with Crippen LogP contribution in [0, 0.1) is 0 Å². The minimum Gasteiger partial charge on any atom is -0.389 e. The van der Waals surface area contributed by atoms with Crippen molar-refractivity contribution in [3.8, 4) is 0 Å². The van der Waals surface area contributed by atoms with Gasteiger partial charge in [-0.1, -0.05) is 18.9 Å². The molecule has 3 unspecified atom stereocenters. The molecule has 1 saturated carbocycles. The van der Waals surface area contributed by atoms with Crippen molar-refractivity contribution in [3.05, 3.63) is 22.4 Å². The molecule has 0 spiro atoms. The summed E-state index contributed by atoms with van der Waals surface area (Å²) < 4.78 is 11.5. The van der Waals surface area contributed by atoms with Crippen LogP contribution in [0.15, 0.2) is 17.5 Å². The molecule has 0 aromatic carbocycles. The van der Waals surface area contributed by atoms with Crippen LogP contribution in [0.25, 0.3) is 0 Å². The van der Waals surface area contributed by atoms with Gasteiger partial charge in [-0.2, -0.15) is 0 Å². The number of hydrogen-bond acceptors (Lipinski definition) is 5. The summed E-state index contributed by atoms with van der Waals surface area (Å²) >= 11 is 1.69. The Kier molecular flexibility index (Phi) is 5.66. The number of rotatable bonds is 6. The summed E-state index contributed by atoms with van der Waals surface area (Å²) in [7, 11) is 0. The average molecular weight is 311 g/mol. The van der Waals surface area contributed by atoms with Crippen LogP contribution in [-0.4, -0.2) is 54.6 Å². The first-order valence-corrected chi connectivity index (χ1v) is 8.85. The van der Waals surface area contributed by atoms with E-state index in [9.17, 15) is 5.11 Å². The number of nitrogens with zero attached hydrogens (tertiary/aromatic N) is 1. The van der Waals surface area contributed by atoms with Crippen LogP contribution in [-0.2, 0) is 16.1 Å². The highest BCUT2D eigenvalue weighted by Gasteiger charge is 2.34. The molecule has 1 N–H and O–H groups in total. The van der Waals surface area contributed by atoms with E-state index in [4.69, 9.17) is 9.47 Å². The zero-order valence-electron chi connectivity index (χ0n) is 12.4. The van der Waals surface area contributed by atoms with Crippen LogP contribution < -0.4 is 0 Å². The predicted octanol–water partition coefficient (Wildman–Crippen LogP) is 2.27. The van der Waals surface area contributed by atoms with Crippen LogP contribution in [0.2, 0.25) is 0 Å². The Hall–Kier alpha value is -0.460. The third-order valence-electron chi connectivity index (χ3n) is 4.43. The number of aliphatic hydroxyl groups is 1. The number of thiophene rings is 1. The van der Waals surface area contributed by atoms with E-state index >= 15 is 0 Å². The molecule has 3 atom stereocenters. The minimum absolute atomic E-state index is 0.381. The third-order valence-corrected chi connectivity index (χ3v) is 5.28. The smallest absolute Gasteiger partial charge is 0.0900 e. The van der Waals surface area contributed by atoms with E-state index in [0.717, 1.165) is 13.2 Å². The molecular formula is C16H25NO3S. The molecule has 1 saturated heterocycles. The van der Waals surface area contributed by atoms with Crippen molar-refractivity contribution in [3.63, 3.8) is 0 Å². The van der Waals surface area contributed by atoms with Crippen LogP contribution in [0.5, 0.6) is 0 Å². The number of fused-ring (bicyclic) bond motifs is 1. The zero-order chi connectivity index (χ0) is 14.5. The number of hydrogen-bond donors (Lipinski definition) is 1. The Balaban J connectivity index is 1.41. The van der Waals surface area contributed by atoms with E-state index in [1.165, 1.54) is 30.6 Å². The van der Waals surface area contributed by atoms with Gasteiger partial charge < -0.3 is 14.6 Å². The lowest BCUT2D eigenvalue weighted by Crippen LogP contribution is -2.54. The zero-order valence-corrected chi connectivity index (χ0v) is 13.3. The van der Waals surface area contributed by atoms with Crippen molar-refractivity contribution in [2.45, 2.75) is 50.5 Å². The molecule has 5 heteroatoms. The maximum atomic E-state index is 10.2. The standard InChI is InChI=1S/C16H25NO3S/c18-13(11-19-12-14-4-3-9-21-14)10-17-7-8-20-16-6-2-1-5-15(16)17/h3-4,9,13,15-16,18H,1-2,5-8,10-12H2. The molecule has 1 aliphatic carbocycles. The lowest BCUT2D eigenvalue weighted by molar-refractivity contribution is -0.103. The van der Waals surface area contributed by atoms with Gasteiger partial charge in [0.25, 0.3) is 0 Å². The van der Waals surface area contributed by atoms with E-state index in [2.05, 4.69) is 11.0 Å². The predicted molar refractivity (Wildman–Crippen MR) is 83.6 cm³/mol. The lowest BCUT2D eigenvalue weighted by atomic mass is 9.90. The van der Waals surface area contributed by atoms with Gasteiger partial charge in [-0.05, 0) is 24.3 Å². The van der Waals surface area contributed by atoms with E-state index in [1.54, 1.807) is 11.3 Å². The van der Waals surface area contributed by atoms with Crippen LogP contribution >= 0.6 is 11.3 Å². The molecule has 1 aliphatic heterocycles. The van der Waals surface area contributed by atoms with Gasteiger partial charge in [0.15, 0.2) is 0 Å². The average Bonchev–Trinajstić information content (AvgIpc) is 3.01. The van der Waals surface area contributed by atoms with Gasteiger partial charge >= 0.3 is 0 Å². The Morgan fingerprint density at radius 1 is 1.43 bits per heavy atom. The van der Waals surface area contributed by atoms with Gasteiger partial charge in [-0.15, -0.1) is 11.3 Å². The largest absolute Gasteiger partial charge is 0.389 e. The summed E-state index contributed by atoms with van der Waals surface area (Å²) in [6.07, 6.45) is 4.91. The Bertz CT molecular complexity index is 410. The number of aliphatic hydroxyl groups excluding tert-OH is 1. The highest BCUT2D eigenvalue weighted by molar-refractivity contribution is 7.09. The Morgan fingerprint density at radius 3 is 3.19 bits per heavy atom. The molecule has 0 bridgehead atoms. The summed E-state index contributed by atoms with van der Waals surface area (Å²) in [5.74, 6) is 0. The minimum atomic E-state index is -0.411. The van der Waals surface area contributed by atoms with Crippen molar-refractivity contribution < 1.29 is 14.6 Å².